The average molecular weight is 219 g/mol. The Kier molecular flexibility index (Phi) is 4.76. The molecule has 0 aliphatic carbocycles. The Morgan fingerprint density at radius 3 is 2.29 bits per heavy atom. The standard InChI is InChI=1S/C8H17NO4Si/c1-5-7(9(11)12)6-8(10)13-14(2,3)4/h7H,5-6H2,1-4H3. The summed E-state index contributed by atoms with van der Waals surface area (Å²) in [5.74, 6) is -0.451. The van der Waals surface area contributed by atoms with E-state index in [4.69, 9.17) is 4.43 Å². The average Bonchev–Trinajstić information content (AvgIpc) is 1.96. The fourth-order valence-corrected chi connectivity index (χ4v) is 1.71. The molecule has 0 N–H and O–H groups in total. The van der Waals surface area contributed by atoms with Crippen LogP contribution >= 0.6 is 0 Å². The summed E-state index contributed by atoms with van der Waals surface area (Å²) >= 11 is 0. The molecule has 0 fully saturated rings. The van der Waals surface area contributed by atoms with Crippen LogP contribution in [0.4, 0.5) is 0 Å². The van der Waals surface area contributed by atoms with Crippen molar-refractivity contribution in [2.45, 2.75) is 45.4 Å². The Bertz CT molecular complexity index is 224. The van der Waals surface area contributed by atoms with E-state index in [-0.39, 0.29) is 6.42 Å². The van der Waals surface area contributed by atoms with E-state index in [9.17, 15) is 14.9 Å². The predicted molar refractivity (Wildman–Crippen MR) is 55.1 cm³/mol. The zero-order chi connectivity index (χ0) is 11.4. The lowest BCUT2D eigenvalue weighted by molar-refractivity contribution is -0.521. The summed E-state index contributed by atoms with van der Waals surface area (Å²) in [5, 5.41) is 10.4. The molecule has 0 aromatic heterocycles. The number of hydrogen-bond donors (Lipinski definition) is 0. The molecule has 5 nitrogen and oxygen atoms in total. The molecule has 0 bridgehead atoms. The molecule has 0 radical (unpaired) electrons. The van der Waals surface area contributed by atoms with Crippen LogP contribution in [0.2, 0.25) is 19.6 Å². The molecule has 0 aliphatic heterocycles. The zero-order valence-corrected chi connectivity index (χ0v) is 10.1. The highest BCUT2D eigenvalue weighted by Gasteiger charge is 2.26. The lowest BCUT2D eigenvalue weighted by Gasteiger charge is -2.17. The minimum atomic E-state index is -1.91. The SMILES string of the molecule is CCC(CC(=O)O[Si](C)(C)C)[N+](=O)[O-]. The molecule has 0 spiro atoms. The minimum Gasteiger partial charge on any atom is -0.520 e. The van der Waals surface area contributed by atoms with Crippen molar-refractivity contribution in [2.24, 2.45) is 0 Å². The summed E-state index contributed by atoms with van der Waals surface area (Å²) in [5.41, 5.74) is 0. The molecule has 0 aromatic rings. The number of hydrogen-bond acceptors (Lipinski definition) is 4. The van der Waals surface area contributed by atoms with Crippen LogP contribution in [-0.2, 0) is 9.22 Å². The quantitative estimate of drug-likeness (QED) is 0.401. The van der Waals surface area contributed by atoms with Crippen LogP contribution in [0.15, 0.2) is 0 Å². The van der Waals surface area contributed by atoms with Gasteiger partial charge in [0.15, 0.2) is 0 Å². The third-order valence-electron chi connectivity index (χ3n) is 1.59. The van der Waals surface area contributed by atoms with E-state index in [1.165, 1.54) is 0 Å². The van der Waals surface area contributed by atoms with Crippen molar-refractivity contribution in [3.05, 3.63) is 10.1 Å². The van der Waals surface area contributed by atoms with Crippen LogP contribution in [0.25, 0.3) is 0 Å². The minimum absolute atomic E-state index is 0.117. The number of nitro groups is 1. The normalized spacial score (nSPS) is 13.4. The van der Waals surface area contributed by atoms with E-state index in [1.54, 1.807) is 6.92 Å². The molecule has 0 aliphatic rings. The van der Waals surface area contributed by atoms with E-state index < -0.39 is 25.3 Å². The number of nitrogens with zero attached hydrogens (tertiary/aromatic N) is 1. The summed E-state index contributed by atoms with van der Waals surface area (Å²) in [6.45, 7) is 7.31. The molecule has 0 rings (SSSR count). The second-order valence-electron chi connectivity index (χ2n) is 4.14. The van der Waals surface area contributed by atoms with Crippen LogP contribution in [0.1, 0.15) is 19.8 Å². The second-order valence-corrected chi connectivity index (χ2v) is 8.57. The lowest BCUT2D eigenvalue weighted by atomic mass is 10.2. The Balaban J connectivity index is 4.11. The molecule has 0 aromatic carbocycles. The van der Waals surface area contributed by atoms with Gasteiger partial charge in [0.2, 0.25) is 14.4 Å². The van der Waals surface area contributed by atoms with Crippen molar-refractivity contribution in [2.75, 3.05) is 0 Å². The molecule has 0 saturated heterocycles. The second kappa shape index (κ2) is 5.09. The van der Waals surface area contributed by atoms with Gasteiger partial charge in [-0.15, -0.1) is 0 Å². The first-order valence-corrected chi connectivity index (χ1v) is 8.02. The summed E-state index contributed by atoms with van der Waals surface area (Å²) in [6.07, 6.45) is 0.238. The van der Waals surface area contributed by atoms with E-state index >= 15 is 0 Å². The number of carbonyl (C=O) groups is 1. The Morgan fingerprint density at radius 2 is 2.00 bits per heavy atom. The van der Waals surface area contributed by atoms with Gasteiger partial charge in [-0.25, -0.2) is 0 Å². The predicted octanol–water partition coefficient (Wildman–Crippen LogP) is 1.81. The van der Waals surface area contributed by atoms with Crippen LogP contribution in [0.3, 0.4) is 0 Å². The third-order valence-corrected chi connectivity index (χ3v) is 2.43. The van der Waals surface area contributed by atoms with Gasteiger partial charge >= 0.3 is 0 Å². The Labute approximate surface area is 84.7 Å². The molecule has 0 saturated carbocycles. The van der Waals surface area contributed by atoms with Gasteiger partial charge in [0.25, 0.3) is 5.97 Å². The first kappa shape index (κ1) is 13.1. The van der Waals surface area contributed by atoms with E-state index in [2.05, 4.69) is 0 Å². The number of carbonyl (C=O) groups excluding carboxylic acids is 1. The van der Waals surface area contributed by atoms with Crippen LogP contribution in [0, 0.1) is 10.1 Å². The van der Waals surface area contributed by atoms with Gasteiger partial charge in [0.05, 0.1) is 0 Å². The van der Waals surface area contributed by atoms with Crippen molar-refractivity contribution in [1.29, 1.82) is 0 Å². The highest BCUT2D eigenvalue weighted by molar-refractivity contribution is 6.71. The Hall–Kier alpha value is -0.913. The maximum atomic E-state index is 11.2. The largest absolute Gasteiger partial charge is 0.520 e. The monoisotopic (exact) mass is 219 g/mol. The van der Waals surface area contributed by atoms with Gasteiger partial charge in [-0.05, 0) is 19.6 Å². The lowest BCUT2D eigenvalue weighted by Crippen LogP contribution is -2.32. The zero-order valence-electron chi connectivity index (χ0n) is 9.07. The first-order valence-electron chi connectivity index (χ1n) is 4.61. The topological polar surface area (TPSA) is 69.4 Å². The van der Waals surface area contributed by atoms with E-state index in [0.717, 1.165) is 0 Å². The first-order chi connectivity index (χ1) is 6.26. The molecule has 1 atom stereocenters. The summed E-state index contributed by atoms with van der Waals surface area (Å²) in [4.78, 5) is 21.3. The molecule has 0 heterocycles. The molecular weight excluding hydrogens is 202 g/mol. The van der Waals surface area contributed by atoms with Crippen molar-refractivity contribution in [3.8, 4) is 0 Å². The smallest absolute Gasteiger partial charge is 0.299 e. The molecular formula is C8H17NO4Si. The van der Waals surface area contributed by atoms with Gasteiger partial charge in [-0.2, -0.15) is 0 Å². The van der Waals surface area contributed by atoms with Crippen molar-refractivity contribution >= 4 is 14.3 Å². The van der Waals surface area contributed by atoms with E-state index in [1.807, 2.05) is 19.6 Å². The summed E-state index contributed by atoms with van der Waals surface area (Å²) < 4.78 is 5.12. The third kappa shape index (κ3) is 5.68. The van der Waals surface area contributed by atoms with Crippen LogP contribution in [-0.4, -0.2) is 25.3 Å². The van der Waals surface area contributed by atoms with Crippen LogP contribution in [0.5, 0.6) is 0 Å². The van der Waals surface area contributed by atoms with Crippen molar-refractivity contribution < 1.29 is 14.1 Å². The maximum Gasteiger partial charge on any atom is 0.299 e. The van der Waals surface area contributed by atoms with Gasteiger partial charge in [0, 0.05) is 11.3 Å². The molecule has 0 amide bonds. The Morgan fingerprint density at radius 1 is 1.50 bits per heavy atom. The summed E-state index contributed by atoms with van der Waals surface area (Å²) in [7, 11) is -1.91. The highest BCUT2D eigenvalue weighted by Crippen LogP contribution is 2.09. The van der Waals surface area contributed by atoms with Crippen molar-refractivity contribution in [3.63, 3.8) is 0 Å². The molecule has 82 valence electrons. The van der Waals surface area contributed by atoms with Gasteiger partial charge in [-0.3, -0.25) is 14.9 Å². The fraction of sp³-hybridized carbons (Fsp3) is 0.875. The van der Waals surface area contributed by atoms with Gasteiger partial charge < -0.3 is 4.43 Å². The molecule has 1 unspecified atom stereocenters. The number of rotatable bonds is 5. The van der Waals surface area contributed by atoms with Gasteiger partial charge in [0.1, 0.15) is 6.42 Å². The maximum absolute atomic E-state index is 11.2. The van der Waals surface area contributed by atoms with Crippen molar-refractivity contribution in [1.82, 2.24) is 0 Å². The summed E-state index contributed by atoms with van der Waals surface area (Å²) in [6, 6.07) is -0.807. The van der Waals surface area contributed by atoms with Gasteiger partial charge in [-0.1, -0.05) is 6.92 Å². The van der Waals surface area contributed by atoms with E-state index in [0.29, 0.717) is 6.42 Å². The molecule has 6 heteroatoms. The van der Waals surface area contributed by atoms with Crippen LogP contribution < -0.4 is 0 Å². The molecule has 14 heavy (non-hydrogen) atoms. The highest BCUT2D eigenvalue weighted by atomic mass is 28.4. The fourth-order valence-electron chi connectivity index (χ4n) is 0.944.